The summed E-state index contributed by atoms with van der Waals surface area (Å²) >= 11 is 3.27. The first-order valence-corrected chi connectivity index (χ1v) is 6.05. The molecular formula is C9H15BrF3NO2. The quantitative estimate of drug-likeness (QED) is 0.552. The number of carbonyl (C=O) groups is 1. The standard InChI is InChI=1S/C9H15BrF3NO2/c10-4-2-1-3-5-14-8(15)6-16-7-9(11,12)13/h1-7H2,(H,14,15). The van der Waals surface area contributed by atoms with Gasteiger partial charge in [0, 0.05) is 11.9 Å². The van der Waals surface area contributed by atoms with E-state index < -0.39 is 25.3 Å². The number of hydrogen-bond donors (Lipinski definition) is 1. The van der Waals surface area contributed by atoms with Gasteiger partial charge in [0.05, 0.1) is 0 Å². The zero-order chi connectivity index (χ0) is 12.4. The number of alkyl halides is 4. The molecule has 0 fully saturated rings. The Balaban J connectivity index is 3.32. The first kappa shape index (κ1) is 15.7. The Kier molecular flexibility index (Phi) is 8.64. The van der Waals surface area contributed by atoms with Crippen molar-refractivity contribution in [2.75, 3.05) is 25.1 Å². The normalized spacial score (nSPS) is 11.5. The van der Waals surface area contributed by atoms with Crippen LogP contribution in [-0.4, -0.2) is 37.2 Å². The fourth-order valence-corrected chi connectivity index (χ4v) is 1.33. The Morgan fingerprint density at radius 2 is 1.94 bits per heavy atom. The van der Waals surface area contributed by atoms with E-state index in [1.165, 1.54) is 0 Å². The topological polar surface area (TPSA) is 38.3 Å². The highest BCUT2D eigenvalue weighted by atomic mass is 79.9. The van der Waals surface area contributed by atoms with Crippen LogP contribution >= 0.6 is 15.9 Å². The molecule has 0 aliphatic rings. The molecule has 96 valence electrons. The van der Waals surface area contributed by atoms with Gasteiger partial charge in [-0.1, -0.05) is 22.4 Å². The second kappa shape index (κ2) is 8.81. The summed E-state index contributed by atoms with van der Waals surface area (Å²) in [6, 6.07) is 0. The van der Waals surface area contributed by atoms with E-state index in [1.807, 2.05) is 0 Å². The Hall–Kier alpha value is -0.300. The number of rotatable bonds is 8. The van der Waals surface area contributed by atoms with Crippen molar-refractivity contribution in [3.05, 3.63) is 0 Å². The lowest BCUT2D eigenvalue weighted by Crippen LogP contribution is -2.30. The van der Waals surface area contributed by atoms with Crippen LogP contribution in [0.4, 0.5) is 13.2 Å². The zero-order valence-corrected chi connectivity index (χ0v) is 10.4. The molecule has 0 atom stereocenters. The largest absolute Gasteiger partial charge is 0.411 e. The fraction of sp³-hybridized carbons (Fsp3) is 0.889. The van der Waals surface area contributed by atoms with Gasteiger partial charge in [-0.25, -0.2) is 0 Å². The zero-order valence-electron chi connectivity index (χ0n) is 8.78. The summed E-state index contributed by atoms with van der Waals surface area (Å²) in [5.74, 6) is -0.511. The summed E-state index contributed by atoms with van der Waals surface area (Å²) in [6.45, 7) is -1.46. The van der Waals surface area contributed by atoms with Gasteiger partial charge >= 0.3 is 6.18 Å². The van der Waals surface area contributed by atoms with Gasteiger partial charge in [-0.2, -0.15) is 13.2 Å². The summed E-state index contributed by atoms with van der Waals surface area (Å²) in [5.41, 5.74) is 0. The average Bonchev–Trinajstić information content (AvgIpc) is 2.15. The molecule has 0 aromatic carbocycles. The summed E-state index contributed by atoms with van der Waals surface area (Å²) in [6.07, 6.45) is -1.58. The number of ether oxygens (including phenoxy) is 1. The van der Waals surface area contributed by atoms with Gasteiger partial charge in [0.1, 0.15) is 13.2 Å². The predicted molar refractivity (Wildman–Crippen MR) is 57.5 cm³/mol. The van der Waals surface area contributed by atoms with Gasteiger partial charge in [0.15, 0.2) is 0 Å². The lowest BCUT2D eigenvalue weighted by atomic mass is 10.2. The van der Waals surface area contributed by atoms with Crippen molar-refractivity contribution in [2.45, 2.75) is 25.4 Å². The molecule has 0 aromatic rings. The van der Waals surface area contributed by atoms with Gasteiger partial charge in [-0.15, -0.1) is 0 Å². The van der Waals surface area contributed by atoms with Crippen LogP contribution in [0.3, 0.4) is 0 Å². The van der Waals surface area contributed by atoms with Gasteiger partial charge in [0.25, 0.3) is 0 Å². The minimum Gasteiger partial charge on any atom is -0.362 e. The molecule has 0 rings (SSSR count). The first-order valence-electron chi connectivity index (χ1n) is 4.93. The van der Waals surface area contributed by atoms with Gasteiger partial charge in [0.2, 0.25) is 5.91 Å². The second-order valence-corrected chi connectivity index (χ2v) is 4.00. The molecule has 0 heterocycles. The molecule has 1 amide bonds. The minimum absolute atomic E-state index is 0.473. The van der Waals surface area contributed by atoms with E-state index >= 15 is 0 Å². The average molecular weight is 306 g/mol. The van der Waals surface area contributed by atoms with E-state index in [0.717, 1.165) is 24.6 Å². The van der Waals surface area contributed by atoms with Crippen LogP contribution in [0.15, 0.2) is 0 Å². The molecule has 7 heteroatoms. The van der Waals surface area contributed by atoms with E-state index in [0.29, 0.717) is 6.54 Å². The first-order chi connectivity index (χ1) is 7.45. The summed E-state index contributed by atoms with van der Waals surface area (Å²) in [5, 5.41) is 3.39. The Morgan fingerprint density at radius 1 is 1.25 bits per heavy atom. The van der Waals surface area contributed by atoms with Crippen molar-refractivity contribution in [1.29, 1.82) is 0 Å². The number of unbranched alkanes of at least 4 members (excludes halogenated alkanes) is 2. The van der Waals surface area contributed by atoms with Gasteiger partial charge < -0.3 is 10.1 Å². The van der Waals surface area contributed by atoms with Crippen molar-refractivity contribution in [3.63, 3.8) is 0 Å². The fourth-order valence-electron chi connectivity index (χ4n) is 0.935. The predicted octanol–water partition coefficient (Wildman–Crippen LogP) is 2.25. The number of carbonyl (C=O) groups excluding carboxylic acids is 1. The van der Waals surface area contributed by atoms with Gasteiger partial charge in [-0.3, -0.25) is 4.79 Å². The number of nitrogens with one attached hydrogen (secondary N) is 1. The highest BCUT2D eigenvalue weighted by Gasteiger charge is 2.27. The molecule has 3 nitrogen and oxygen atoms in total. The molecule has 0 saturated carbocycles. The Labute approximate surface area is 101 Å². The lowest BCUT2D eigenvalue weighted by molar-refractivity contribution is -0.175. The van der Waals surface area contributed by atoms with Crippen LogP contribution in [-0.2, 0) is 9.53 Å². The lowest BCUT2D eigenvalue weighted by Gasteiger charge is -2.08. The molecule has 0 saturated heterocycles. The van der Waals surface area contributed by atoms with Crippen LogP contribution in [0, 0.1) is 0 Å². The monoisotopic (exact) mass is 305 g/mol. The molecule has 0 aliphatic carbocycles. The maximum Gasteiger partial charge on any atom is 0.411 e. The van der Waals surface area contributed by atoms with E-state index in [1.54, 1.807) is 0 Å². The van der Waals surface area contributed by atoms with Crippen LogP contribution in [0.5, 0.6) is 0 Å². The third-order valence-corrected chi connectivity index (χ3v) is 2.19. The molecule has 0 unspecified atom stereocenters. The summed E-state index contributed by atoms with van der Waals surface area (Å²) in [4.78, 5) is 10.9. The Morgan fingerprint density at radius 3 is 2.50 bits per heavy atom. The molecule has 1 N–H and O–H groups in total. The molecule has 0 aliphatic heterocycles. The molecular weight excluding hydrogens is 291 g/mol. The number of hydrogen-bond acceptors (Lipinski definition) is 2. The van der Waals surface area contributed by atoms with Crippen molar-refractivity contribution in [3.8, 4) is 0 Å². The third-order valence-electron chi connectivity index (χ3n) is 1.63. The summed E-state index contributed by atoms with van der Waals surface area (Å²) in [7, 11) is 0. The van der Waals surface area contributed by atoms with Crippen molar-refractivity contribution >= 4 is 21.8 Å². The molecule has 0 bridgehead atoms. The second-order valence-electron chi connectivity index (χ2n) is 3.21. The SMILES string of the molecule is O=C(COCC(F)(F)F)NCCCCCBr. The Bertz CT molecular complexity index is 200. The van der Waals surface area contributed by atoms with Crippen LogP contribution in [0.2, 0.25) is 0 Å². The molecule has 0 radical (unpaired) electrons. The molecule has 16 heavy (non-hydrogen) atoms. The van der Waals surface area contributed by atoms with Crippen LogP contribution in [0.1, 0.15) is 19.3 Å². The third kappa shape index (κ3) is 11.8. The molecule has 0 aromatic heterocycles. The number of halogens is 4. The van der Waals surface area contributed by atoms with E-state index in [9.17, 15) is 18.0 Å². The summed E-state index contributed by atoms with van der Waals surface area (Å²) < 4.78 is 39.1. The highest BCUT2D eigenvalue weighted by Crippen LogP contribution is 2.13. The van der Waals surface area contributed by atoms with Gasteiger partial charge in [-0.05, 0) is 12.8 Å². The minimum atomic E-state index is -4.38. The van der Waals surface area contributed by atoms with Crippen LogP contribution < -0.4 is 5.32 Å². The highest BCUT2D eigenvalue weighted by molar-refractivity contribution is 9.09. The van der Waals surface area contributed by atoms with Crippen molar-refractivity contribution in [1.82, 2.24) is 5.32 Å². The maximum absolute atomic E-state index is 11.6. The van der Waals surface area contributed by atoms with Crippen molar-refractivity contribution < 1.29 is 22.7 Å². The molecule has 0 spiro atoms. The smallest absolute Gasteiger partial charge is 0.362 e. The van der Waals surface area contributed by atoms with Crippen LogP contribution in [0.25, 0.3) is 0 Å². The number of amides is 1. The van der Waals surface area contributed by atoms with Crippen molar-refractivity contribution in [2.24, 2.45) is 0 Å². The van der Waals surface area contributed by atoms with E-state index in [-0.39, 0.29) is 0 Å². The van der Waals surface area contributed by atoms with E-state index in [4.69, 9.17) is 0 Å². The van der Waals surface area contributed by atoms with E-state index in [2.05, 4.69) is 26.0 Å². The maximum atomic E-state index is 11.6.